The topological polar surface area (TPSA) is 62.5 Å². The largest absolute Gasteiger partial charge is 0.478 e. The van der Waals surface area contributed by atoms with Gasteiger partial charge in [-0.05, 0) is 34.1 Å². The summed E-state index contributed by atoms with van der Waals surface area (Å²) in [6.07, 6.45) is 1.24. The third kappa shape index (κ3) is 2.88. The fourth-order valence-electron chi connectivity index (χ4n) is 1.37. The Morgan fingerprint density at radius 1 is 1.41 bits per heavy atom. The quantitative estimate of drug-likeness (QED) is 0.908. The second-order valence-corrected chi connectivity index (χ2v) is 4.29. The molecule has 5 heteroatoms. The predicted octanol–water partition coefficient (Wildman–Crippen LogP) is 3.35. The Kier molecular flexibility index (Phi) is 3.49. The predicted molar refractivity (Wildman–Crippen MR) is 67.1 cm³/mol. The Balaban J connectivity index is 2.02. The number of furan rings is 1. The van der Waals surface area contributed by atoms with Crippen molar-refractivity contribution in [1.29, 1.82) is 0 Å². The number of anilines is 1. The number of carbonyl (C=O) groups is 1. The van der Waals surface area contributed by atoms with Crippen molar-refractivity contribution in [3.63, 3.8) is 0 Å². The van der Waals surface area contributed by atoms with Crippen LogP contribution in [-0.2, 0) is 6.54 Å². The molecule has 2 N–H and O–H groups in total. The molecule has 4 nitrogen and oxygen atoms in total. The van der Waals surface area contributed by atoms with Crippen LogP contribution >= 0.6 is 15.9 Å². The lowest BCUT2D eigenvalue weighted by molar-refractivity contribution is 0.0696. The van der Waals surface area contributed by atoms with Crippen molar-refractivity contribution in [3.05, 3.63) is 52.4 Å². The van der Waals surface area contributed by atoms with Crippen molar-refractivity contribution in [1.82, 2.24) is 0 Å². The molecule has 0 aliphatic carbocycles. The standard InChI is InChI=1S/C12H10BrNO3/c13-10-3-1-2-4-11(10)14-6-9-5-8(7-17-9)12(15)16/h1-5,7,14H,6H2,(H,15,16). The van der Waals surface area contributed by atoms with Crippen LogP contribution in [0.2, 0.25) is 0 Å². The molecule has 2 aromatic rings. The number of para-hydroxylation sites is 1. The number of nitrogens with one attached hydrogen (secondary N) is 1. The fraction of sp³-hybridized carbons (Fsp3) is 0.0833. The minimum atomic E-state index is -0.985. The highest BCUT2D eigenvalue weighted by atomic mass is 79.9. The third-order valence-electron chi connectivity index (χ3n) is 2.23. The SMILES string of the molecule is O=C(O)c1coc(CNc2ccccc2Br)c1. The van der Waals surface area contributed by atoms with E-state index in [2.05, 4.69) is 21.2 Å². The van der Waals surface area contributed by atoms with E-state index in [-0.39, 0.29) is 5.56 Å². The summed E-state index contributed by atoms with van der Waals surface area (Å²) in [5.41, 5.74) is 1.09. The zero-order chi connectivity index (χ0) is 12.3. The third-order valence-corrected chi connectivity index (χ3v) is 2.92. The Bertz CT molecular complexity index is 536. The zero-order valence-corrected chi connectivity index (χ0v) is 10.4. The summed E-state index contributed by atoms with van der Waals surface area (Å²) >= 11 is 3.41. The summed E-state index contributed by atoms with van der Waals surface area (Å²) in [7, 11) is 0. The Labute approximate surface area is 106 Å². The monoisotopic (exact) mass is 295 g/mol. The van der Waals surface area contributed by atoms with E-state index in [0.717, 1.165) is 10.2 Å². The molecule has 0 fully saturated rings. The first-order valence-electron chi connectivity index (χ1n) is 4.96. The average Bonchev–Trinajstić information content (AvgIpc) is 2.77. The van der Waals surface area contributed by atoms with Gasteiger partial charge in [0.1, 0.15) is 12.0 Å². The maximum atomic E-state index is 10.7. The Morgan fingerprint density at radius 2 is 2.18 bits per heavy atom. The lowest BCUT2D eigenvalue weighted by atomic mass is 10.3. The number of hydrogen-bond donors (Lipinski definition) is 2. The molecular formula is C12H10BrNO3. The summed E-state index contributed by atoms with van der Waals surface area (Å²) in [6, 6.07) is 9.19. The molecule has 17 heavy (non-hydrogen) atoms. The molecule has 1 heterocycles. The van der Waals surface area contributed by atoms with Crippen molar-refractivity contribution in [3.8, 4) is 0 Å². The lowest BCUT2D eigenvalue weighted by Crippen LogP contribution is -1.99. The van der Waals surface area contributed by atoms with E-state index in [4.69, 9.17) is 9.52 Å². The van der Waals surface area contributed by atoms with Gasteiger partial charge >= 0.3 is 5.97 Å². The van der Waals surface area contributed by atoms with E-state index in [1.54, 1.807) is 0 Å². The van der Waals surface area contributed by atoms with E-state index in [1.165, 1.54) is 12.3 Å². The molecule has 0 amide bonds. The molecule has 1 aromatic carbocycles. The van der Waals surface area contributed by atoms with Crippen LogP contribution in [0.15, 0.2) is 45.5 Å². The molecule has 0 spiro atoms. The summed E-state index contributed by atoms with van der Waals surface area (Å²) in [5, 5.41) is 11.9. The molecule has 0 radical (unpaired) electrons. The van der Waals surface area contributed by atoms with Crippen LogP contribution < -0.4 is 5.32 Å². The number of aromatic carboxylic acids is 1. The van der Waals surface area contributed by atoms with Crippen LogP contribution in [0.1, 0.15) is 16.1 Å². The van der Waals surface area contributed by atoms with Crippen molar-refractivity contribution in [2.45, 2.75) is 6.54 Å². The van der Waals surface area contributed by atoms with Crippen LogP contribution in [0.5, 0.6) is 0 Å². The van der Waals surface area contributed by atoms with Crippen molar-refractivity contribution in [2.75, 3.05) is 5.32 Å². The van der Waals surface area contributed by atoms with Crippen molar-refractivity contribution >= 4 is 27.6 Å². The lowest BCUT2D eigenvalue weighted by Gasteiger charge is -2.05. The van der Waals surface area contributed by atoms with E-state index >= 15 is 0 Å². The van der Waals surface area contributed by atoms with Gasteiger partial charge in [0.2, 0.25) is 0 Å². The van der Waals surface area contributed by atoms with Gasteiger partial charge in [0.05, 0.1) is 12.1 Å². The summed E-state index contributed by atoms with van der Waals surface area (Å²) in [5.74, 6) is -0.404. The van der Waals surface area contributed by atoms with Crippen LogP contribution in [0.3, 0.4) is 0 Å². The van der Waals surface area contributed by atoms with E-state index in [0.29, 0.717) is 12.3 Å². The van der Waals surface area contributed by atoms with Gasteiger partial charge in [-0.2, -0.15) is 0 Å². The molecule has 0 aliphatic rings. The minimum absolute atomic E-state index is 0.161. The van der Waals surface area contributed by atoms with Crippen molar-refractivity contribution in [2.24, 2.45) is 0 Å². The highest BCUT2D eigenvalue weighted by molar-refractivity contribution is 9.10. The number of carboxylic acids is 1. The average molecular weight is 296 g/mol. The van der Waals surface area contributed by atoms with Gasteiger partial charge < -0.3 is 14.8 Å². The Hall–Kier alpha value is -1.75. The molecule has 0 unspecified atom stereocenters. The molecule has 0 aliphatic heterocycles. The van der Waals surface area contributed by atoms with Gasteiger partial charge in [-0.1, -0.05) is 12.1 Å². The normalized spacial score (nSPS) is 10.2. The van der Waals surface area contributed by atoms with Gasteiger partial charge in [-0.15, -0.1) is 0 Å². The highest BCUT2D eigenvalue weighted by Gasteiger charge is 2.08. The molecule has 2 rings (SSSR count). The number of benzene rings is 1. The van der Waals surface area contributed by atoms with Crippen LogP contribution in [-0.4, -0.2) is 11.1 Å². The van der Waals surface area contributed by atoms with Crippen LogP contribution in [0.4, 0.5) is 5.69 Å². The zero-order valence-electron chi connectivity index (χ0n) is 8.81. The van der Waals surface area contributed by atoms with Crippen molar-refractivity contribution < 1.29 is 14.3 Å². The summed E-state index contributed by atoms with van der Waals surface area (Å²) in [4.78, 5) is 10.7. The molecular weight excluding hydrogens is 286 g/mol. The Morgan fingerprint density at radius 3 is 2.82 bits per heavy atom. The van der Waals surface area contributed by atoms with E-state index in [9.17, 15) is 4.79 Å². The summed E-state index contributed by atoms with van der Waals surface area (Å²) in [6.45, 7) is 0.440. The second-order valence-electron chi connectivity index (χ2n) is 3.44. The maximum Gasteiger partial charge on any atom is 0.338 e. The molecule has 88 valence electrons. The molecule has 0 saturated carbocycles. The van der Waals surface area contributed by atoms with E-state index in [1.807, 2.05) is 24.3 Å². The number of hydrogen-bond acceptors (Lipinski definition) is 3. The number of rotatable bonds is 4. The van der Waals surface area contributed by atoms with E-state index < -0.39 is 5.97 Å². The smallest absolute Gasteiger partial charge is 0.338 e. The first kappa shape index (κ1) is 11.7. The van der Waals surface area contributed by atoms with Gasteiger partial charge in [-0.3, -0.25) is 0 Å². The van der Waals surface area contributed by atoms with Crippen LogP contribution in [0.25, 0.3) is 0 Å². The maximum absolute atomic E-state index is 10.7. The number of carboxylic acid groups (broad SMARTS) is 1. The highest BCUT2D eigenvalue weighted by Crippen LogP contribution is 2.22. The van der Waals surface area contributed by atoms with Gasteiger partial charge in [0.15, 0.2) is 0 Å². The van der Waals surface area contributed by atoms with Crippen LogP contribution in [0, 0.1) is 0 Å². The number of halogens is 1. The second kappa shape index (κ2) is 5.05. The fourth-order valence-corrected chi connectivity index (χ4v) is 1.80. The van der Waals surface area contributed by atoms with Gasteiger partial charge in [0, 0.05) is 10.2 Å². The molecule has 1 aromatic heterocycles. The molecule has 0 atom stereocenters. The minimum Gasteiger partial charge on any atom is -0.478 e. The summed E-state index contributed by atoms with van der Waals surface area (Å²) < 4.78 is 6.08. The van der Waals surface area contributed by atoms with Gasteiger partial charge in [-0.25, -0.2) is 4.79 Å². The first-order chi connectivity index (χ1) is 8.16. The first-order valence-corrected chi connectivity index (χ1v) is 5.75. The molecule has 0 bridgehead atoms. The van der Waals surface area contributed by atoms with Gasteiger partial charge in [0.25, 0.3) is 0 Å². The molecule has 0 saturated heterocycles.